The summed E-state index contributed by atoms with van der Waals surface area (Å²) < 4.78 is 5.62. The third kappa shape index (κ3) is 7.00. The van der Waals surface area contributed by atoms with Crippen LogP contribution in [-0.2, 0) is 6.54 Å². The van der Waals surface area contributed by atoms with Crippen molar-refractivity contribution in [1.29, 1.82) is 0 Å². The summed E-state index contributed by atoms with van der Waals surface area (Å²) in [5.41, 5.74) is 3.06. The molecule has 1 atom stereocenters. The quantitative estimate of drug-likeness (QED) is 0.481. The first kappa shape index (κ1) is 22.0. The minimum atomic E-state index is 0.363. The Bertz CT molecular complexity index is 719. The summed E-state index contributed by atoms with van der Waals surface area (Å²) in [7, 11) is 1.79. The van der Waals surface area contributed by atoms with Crippen LogP contribution in [0.15, 0.2) is 39.9 Å². The van der Waals surface area contributed by atoms with E-state index in [2.05, 4.69) is 65.3 Å². The van der Waals surface area contributed by atoms with Crippen molar-refractivity contribution >= 4 is 5.96 Å². The predicted molar refractivity (Wildman–Crippen MR) is 116 cm³/mol. The Hall–Kier alpha value is -2.34. The fraction of sp³-hybridized carbons (Fsp3) is 0.545. The van der Waals surface area contributed by atoms with Gasteiger partial charge in [0.2, 0.25) is 5.89 Å². The van der Waals surface area contributed by atoms with Gasteiger partial charge < -0.3 is 20.0 Å². The Balaban J connectivity index is 1.78. The van der Waals surface area contributed by atoms with E-state index in [0.717, 1.165) is 43.3 Å². The molecule has 0 bridgehead atoms. The molecule has 1 aromatic carbocycles. The van der Waals surface area contributed by atoms with Gasteiger partial charge in [-0.3, -0.25) is 4.99 Å². The molecule has 1 heterocycles. The van der Waals surface area contributed by atoms with E-state index in [4.69, 9.17) is 4.42 Å². The van der Waals surface area contributed by atoms with Gasteiger partial charge in [0.15, 0.2) is 5.96 Å². The van der Waals surface area contributed by atoms with Crippen molar-refractivity contribution in [2.45, 2.75) is 53.1 Å². The molecule has 2 N–H and O–H groups in total. The van der Waals surface area contributed by atoms with Crippen molar-refractivity contribution in [3.05, 3.63) is 41.8 Å². The number of oxazole rings is 1. The molecule has 0 saturated carbocycles. The van der Waals surface area contributed by atoms with Crippen molar-refractivity contribution in [2.75, 3.05) is 26.7 Å². The fourth-order valence-electron chi connectivity index (χ4n) is 3.05. The number of guanidine groups is 1. The van der Waals surface area contributed by atoms with Gasteiger partial charge in [0.25, 0.3) is 0 Å². The Morgan fingerprint density at radius 3 is 2.57 bits per heavy atom. The number of hydrogen-bond acceptors (Lipinski definition) is 4. The van der Waals surface area contributed by atoms with Crippen molar-refractivity contribution < 1.29 is 4.42 Å². The number of rotatable bonds is 10. The largest absolute Gasteiger partial charge is 0.444 e. The number of nitrogens with zero attached hydrogens (tertiary/aromatic N) is 3. The number of aryl methyl sites for hydroxylation is 1. The van der Waals surface area contributed by atoms with Crippen molar-refractivity contribution in [1.82, 2.24) is 20.5 Å². The summed E-state index contributed by atoms with van der Waals surface area (Å²) in [5.74, 6) is 1.43. The summed E-state index contributed by atoms with van der Waals surface area (Å²) in [4.78, 5) is 11.3. The van der Waals surface area contributed by atoms with Crippen LogP contribution in [0.25, 0.3) is 11.5 Å². The van der Waals surface area contributed by atoms with Crippen LogP contribution in [-0.4, -0.2) is 48.6 Å². The Kier molecular flexibility index (Phi) is 9.01. The zero-order valence-corrected chi connectivity index (χ0v) is 18.0. The first-order valence-electron chi connectivity index (χ1n) is 10.3. The highest BCUT2D eigenvalue weighted by atomic mass is 16.3. The molecule has 1 aromatic heterocycles. The maximum absolute atomic E-state index is 5.62. The SMILES string of the molecule is CCN(CC)CCCC(C)NC(=NC)NCc1coc(-c2ccc(C)cc2)n1. The molecule has 6 nitrogen and oxygen atoms in total. The number of aromatic nitrogens is 1. The molecule has 0 aliphatic heterocycles. The van der Waals surface area contributed by atoms with Crippen LogP contribution in [0, 0.1) is 6.92 Å². The molecule has 154 valence electrons. The molecule has 0 aliphatic rings. The van der Waals surface area contributed by atoms with Crippen LogP contribution in [0.1, 0.15) is 44.9 Å². The average molecular weight is 386 g/mol. The second-order valence-electron chi connectivity index (χ2n) is 7.15. The third-order valence-electron chi connectivity index (χ3n) is 4.90. The molecule has 6 heteroatoms. The fourth-order valence-corrected chi connectivity index (χ4v) is 3.05. The molecular weight excluding hydrogens is 350 g/mol. The molecule has 2 rings (SSSR count). The molecule has 0 saturated heterocycles. The Morgan fingerprint density at radius 1 is 1.21 bits per heavy atom. The summed E-state index contributed by atoms with van der Waals surface area (Å²) in [6.45, 7) is 12.6. The highest BCUT2D eigenvalue weighted by molar-refractivity contribution is 5.79. The van der Waals surface area contributed by atoms with Crippen molar-refractivity contribution in [3.8, 4) is 11.5 Å². The second kappa shape index (κ2) is 11.5. The topological polar surface area (TPSA) is 65.7 Å². The molecule has 0 amide bonds. The summed E-state index contributed by atoms with van der Waals surface area (Å²) in [6.07, 6.45) is 3.98. The lowest BCUT2D eigenvalue weighted by atomic mass is 10.1. The summed E-state index contributed by atoms with van der Waals surface area (Å²) in [5, 5.41) is 6.77. The van der Waals surface area contributed by atoms with E-state index in [-0.39, 0.29) is 0 Å². The van der Waals surface area contributed by atoms with E-state index in [1.807, 2.05) is 12.1 Å². The van der Waals surface area contributed by atoms with Gasteiger partial charge in [-0.2, -0.15) is 0 Å². The maximum Gasteiger partial charge on any atom is 0.226 e. The normalized spacial score (nSPS) is 13.0. The molecule has 0 aliphatic carbocycles. The molecule has 2 aromatic rings. The molecule has 0 radical (unpaired) electrons. The van der Waals surface area contributed by atoms with Crippen LogP contribution >= 0.6 is 0 Å². The second-order valence-corrected chi connectivity index (χ2v) is 7.15. The lowest BCUT2D eigenvalue weighted by Gasteiger charge is -2.21. The van der Waals surface area contributed by atoms with Crippen LogP contribution in [0.5, 0.6) is 0 Å². The zero-order valence-electron chi connectivity index (χ0n) is 18.0. The molecule has 0 spiro atoms. The van der Waals surface area contributed by atoms with Crippen LogP contribution < -0.4 is 10.6 Å². The van der Waals surface area contributed by atoms with Gasteiger partial charge in [-0.05, 0) is 58.5 Å². The van der Waals surface area contributed by atoms with E-state index in [0.29, 0.717) is 18.5 Å². The van der Waals surface area contributed by atoms with E-state index in [1.54, 1.807) is 13.3 Å². The first-order valence-corrected chi connectivity index (χ1v) is 10.3. The minimum absolute atomic E-state index is 0.363. The highest BCUT2D eigenvalue weighted by Crippen LogP contribution is 2.18. The smallest absolute Gasteiger partial charge is 0.226 e. The monoisotopic (exact) mass is 385 g/mol. The lowest BCUT2D eigenvalue weighted by molar-refractivity contribution is 0.292. The number of benzene rings is 1. The first-order chi connectivity index (χ1) is 13.5. The van der Waals surface area contributed by atoms with Crippen LogP contribution in [0.3, 0.4) is 0 Å². The molecular formula is C22H35N5O. The van der Waals surface area contributed by atoms with E-state index < -0.39 is 0 Å². The van der Waals surface area contributed by atoms with Gasteiger partial charge in [0, 0.05) is 18.7 Å². The number of nitrogens with one attached hydrogen (secondary N) is 2. The van der Waals surface area contributed by atoms with Gasteiger partial charge >= 0.3 is 0 Å². The van der Waals surface area contributed by atoms with Crippen molar-refractivity contribution in [3.63, 3.8) is 0 Å². The standard InChI is InChI=1S/C22H35N5O/c1-6-27(7-2)14-8-9-18(4)25-22(23-5)24-15-20-16-28-21(26-20)19-12-10-17(3)11-13-19/h10-13,16,18H,6-9,14-15H2,1-5H3,(H2,23,24,25). The van der Waals surface area contributed by atoms with Gasteiger partial charge in [-0.1, -0.05) is 31.5 Å². The summed E-state index contributed by atoms with van der Waals surface area (Å²) >= 11 is 0. The Morgan fingerprint density at radius 2 is 1.93 bits per heavy atom. The van der Waals surface area contributed by atoms with Crippen LogP contribution in [0.2, 0.25) is 0 Å². The minimum Gasteiger partial charge on any atom is -0.444 e. The third-order valence-corrected chi connectivity index (χ3v) is 4.90. The maximum atomic E-state index is 5.62. The highest BCUT2D eigenvalue weighted by Gasteiger charge is 2.09. The van der Waals surface area contributed by atoms with Gasteiger partial charge in [0.1, 0.15) is 6.26 Å². The molecule has 0 fully saturated rings. The van der Waals surface area contributed by atoms with E-state index >= 15 is 0 Å². The van der Waals surface area contributed by atoms with Gasteiger partial charge in [-0.25, -0.2) is 4.98 Å². The number of aliphatic imine (C=N–C) groups is 1. The summed E-state index contributed by atoms with van der Waals surface area (Å²) in [6, 6.07) is 8.54. The number of hydrogen-bond donors (Lipinski definition) is 2. The van der Waals surface area contributed by atoms with E-state index in [9.17, 15) is 0 Å². The lowest BCUT2D eigenvalue weighted by Crippen LogP contribution is -2.42. The van der Waals surface area contributed by atoms with Gasteiger partial charge in [0.05, 0.1) is 12.2 Å². The van der Waals surface area contributed by atoms with Crippen LogP contribution in [0.4, 0.5) is 0 Å². The average Bonchev–Trinajstić information content (AvgIpc) is 3.18. The van der Waals surface area contributed by atoms with Gasteiger partial charge in [-0.15, -0.1) is 0 Å². The molecule has 28 heavy (non-hydrogen) atoms. The van der Waals surface area contributed by atoms with E-state index in [1.165, 1.54) is 12.0 Å². The van der Waals surface area contributed by atoms with Crippen molar-refractivity contribution in [2.24, 2.45) is 4.99 Å². The zero-order chi connectivity index (χ0) is 20.4. The molecule has 1 unspecified atom stereocenters. The predicted octanol–water partition coefficient (Wildman–Crippen LogP) is 3.83. The Labute approximate surface area is 169 Å².